The van der Waals surface area contributed by atoms with Crippen molar-refractivity contribution in [3.05, 3.63) is 70.7 Å². The minimum atomic E-state index is -0.604. The maximum absolute atomic E-state index is 14.7. The molecule has 2 aliphatic rings. The van der Waals surface area contributed by atoms with Crippen molar-refractivity contribution in [3.63, 3.8) is 0 Å². The molecule has 0 atom stereocenters. The predicted octanol–water partition coefficient (Wildman–Crippen LogP) is 5.72. The van der Waals surface area contributed by atoms with Gasteiger partial charge in [-0.25, -0.2) is 4.39 Å². The van der Waals surface area contributed by atoms with E-state index in [1.165, 1.54) is 12.1 Å². The van der Waals surface area contributed by atoms with E-state index in [1.807, 2.05) is 20.8 Å². The van der Waals surface area contributed by atoms with E-state index in [0.29, 0.717) is 50.3 Å². The number of carbonyl (C=O) groups is 2. The summed E-state index contributed by atoms with van der Waals surface area (Å²) in [7, 11) is 0. The van der Waals surface area contributed by atoms with E-state index < -0.39 is 11.7 Å². The molecule has 0 radical (unpaired) electrons. The van der Waals surface area contributed by atoms with Gasteiger partial charge in [-0.15, -0.1) is 0 Å². The first-order valence-corrected chi connectivity index (χ1v) is 13.1. The first kappa shape index (κ1) is 29.7. The summed E-state index contributed by atoms with van der Waals surface area (Å²) in [5, 5.41) is 19.0. The summed E-state index contributed by atoms with van der Waals surface area (Å²) < 4.78 is 14.7. The van der Waals surface area contributed by atoms with Crippen LogP contribution in [0, 0.1) is 16.6 Å². The summed E-state index contributed by atoms with van der Waals surface area (Å²) in [6, 6.07) is 2.92. The highest BCUT2D eigenvalue weighted by Gasteiger charge is 2.24. The molecule has 0 spiro atoms. The summed E-state index contributed by atoms with van der Waals surface area (Å²) in [6.07, 6.45) is 9.41. The molecule has 1 fully saturated rings. The molecule has 0 aliphatic carbocycles. The Morgan fingerprint density at radius 3 is 2.57 bits per heavy atom. The third-order valence-corrected chi connectivity index (χ3v) is 6.30. The van der Waals surface area contributed by atoms with E-state index in [2.05, 4.69) is 11.9 Å². The van der Waals surface area contributed by atoms with Crippen LogP contribution in [0.25, 0.3) is 0 Å². The lowest BCUT2D eigenvalue weighted by atomic mass is 9.96. The second-order valence-corrected chi connectivity index (χ2v) is 9.01. The highest BCUT2D eigenvalue weighted by molar-refractivity contribution is 6.06. The van der Waals surface area contributed by atoms with E-state index in [0.717, 1.165) is 30.4 Å². The SMILES string of the molecule is C=C(/C=C\C=C(/C)C(=N)N1CCCCC1=N)NC(=O)c1cc2c(cc1F)CCN(C(=O)CCC)C2.CC. The largest absolute Gasteiger partial charge is 0.338 e. The summed E-state index contributed by atoms with van der Waals surface area (Å²) >= 11 is 0. The van der Waals surface area contributed by atoms with Crippen molar-refractivity contribution in [2.24, 2.45) is 0 Å². The number of nitrogens with one attached hydrogen (secondary N) is 3. The van der Waals surface area contributed by atoms with E-state index in [1.54, 1.807) is 35.0 Å². The van der Waals surface area contributed by atoms with Crippen molar-refractivity contribution < 1.29 is 14.0 Å². The molecule has 2 aliphatic heterocycles. The van der Waals surface area contributed by atoms with Gasteiger partial charge in [0.05, 0.1) is 5.56 Å². The molecule has 1 aromatic carbocycles. The fourth-order valence-electron chi connectivity index (χ4n) is 4.27. The fourth-order valence-corrected chi connectivity index (χ4v) is 4.27. The van der Waals surface area contributed by atoms with E-state index in [4.69, 9.17) is 10.8 Å². The number of hydrogen-bond acceptors (Lipinski definition) is 4. The number of benzene rings is 1. The van der Waals surface area contributed by atoms with Gasteiger partial charge in [-0.05, 0) is 67.5 Å². The minimum Gasteiger partial charge on any atom is -0.338 e. The number of likely N-dealkylation sites (tertiary alicyclic amines) is 1. The van der Waals surface area contributed by atoms with Crippen LogP contribution in [0.15, 0.2) is 48.2 Å². The standard InChI is InChI=1S/C27H34FN5O2.C2H6/c1-4-8-25(34)32-14-12-20-16-23(28)22(15-21(20)17-32)27(35)31-19(3)10-7-9-18(2)26(30)33-13-6-5-11-24(33)29;1-2/h7,9-10,15-16,29-30H,3-6,8,11-14,17H2,1-2H3,(H,31,35);1-2H3/b10-7-,18-9+,29-24?,30-26?;. The maximum atomic E-state index is 14.7. The van der Waals surface area contributed by atoms with Crippen molar-refractivity contribution in [2.75, 3.05) is 13.1 Å². The molecule has 0 unspecified atom stereocenters. The van der Waals surface area contributed by atoms with Crippen LogP contribution in [-0.4, -0.2) is 46.4 Å². The Morgan fingerprint density at radius 1 is 1.16 bits per heavy atom. The van der Waals surface area contributed by atoms with Crippen LogP contribution in [-0.2, 0) is 17.8 Å². The van der Waals surface area contributed by atoms with Crippen LogP contribution in [0.4, 0.5) is 4.39 Å². The zero-order valence-electron chi connectivity index (χ0n) is 22.5. The topological polar surface area (TPSA) is 100 Å². The molecule has 3 rings (SSSR count). The minimum absolute atomic E-state index is 0.0700. The zero-order chi connectivity index (χ0) is 27.5. The van der Waals surface area contributed by atoms with Crippen LogP contribution in [0.1, 0.15) is 81.3 Å². The predicted molar refractivity (Wildman–Crippen MR) is 147 cm³/mol. The summed E-state index contributed by atoms with van der Waals surface area (Å²) in [5.41, 5.74) is 2.50. The molecule has 0 aromatic heterocycles. The number of fused-ring (bicyclic) bond motifs is 1. The van der Waals surface area contributed by atoms with Gasteiger partial charge in [0, 0.05) is 38.2 Å². The Kier molecular flexibility index (Phi) is 11.4. The number of halogens is 1. The molecule has 0 saturated carbocycles. The number of rotatable bonds is 7. The molecule has 1 saturated heterocycles. The van der Waals surface area contributed by atoms with Crippen LogP contribution in [0.5, 0.6) is 0 Å². The zero-order valence-corrected chi connectivity index (χ0v) is 22.5. The highest BCUT2D eigenvalue weighted by Crippen LogP contribution is 2.24. The van der Waals surface area contributed by atoms with E-state index in [-0.39, 0.29) is 23.0 Å². The fraction of sp³-hybridized carbons (Fsp3) is 0.448. The van der Waals surface area contributed by atoms with Gasteiger partial charge in [0.2, 0.25) is 5.91 Å². The molecule has 3 N–H and O–H groups in total. The Bertz CT molecular complexity index is 1110. The quantitative estimate of drug-likeness (QED) is 0.249. The van der Waals surface area contributed by atoms with Gasteiger partial charge < -0.3 is 15.1 Å². The third-order valence-electron chi connectivity index (χ3n) is 6.30. The lowest BCUT2D eigenvalue weighted by Crippen LogP contribution is -2.39. The van der Waals surface area contributed by atoms with Gasteiger partial charge in [-0.3, -0.25) is 20.4 Å². The molecule has 37 heavy (non-hydrogen) atoms. The Balaban J connectivity index is 0.00000235. The second kappa shape index (κ2) is 14.3. The Morgan fingerprint density at radius 2 is 1.89 bits per heavy atom. The average Bonchev–Trinajstić information content (AvgIpc) is 2.89. The lowest BCUT2D eigenvalue weighted by Gasteiger charge is -2.29. The van der Waals surface area contributed by atoms with Crippen LogP contribution in [0.2, 0.25) is 0 Å². The maximum Gasteiger partial charge on any atom is 0.258 e. The van der Waals surface area contributed by atoms with E-state index >= 15 is 0 Å². The number of amidine groups is 2. The van der Waals surface area contributed by atoms with Gasteiger partial charge >= 0.3 is 0 Å². The number of nitrogens with zero attached hydrogens (tertiary/aromatic N) is 2. The van der Waals surface area contributed by atoms with Crippen LogP contribution in [0.3, 0.4) is 0 Å². The monoisotopic (exact) mass is 509 g/mol. The molecular weight excluding hydrogens is 469 g/mol. The van der Waals surface area contributed by atoms with Crippen molar-refractivity contribution in [3.8, 4) is 0 Å². The molecule has 1 aromatic rings. The van der Waals surface area contributed by atoms with Crippen molar-refractivity contribution in [1.29, 1.82) is 10.8 Å². The molecule has 8 heteroatoms. The van der Waals surface area contributed by atoms with Crippen molar-refractivity contribution in [2.45, 2.75) is 72.8 Å². The number of amides is 2. The molecule has 0 bridgehead atoms. The third kappa shape index (κ3) is 7.97. The molecule has 2 amide bonds. The van der Waals surface area contributed by atoms with Crippen molar-refractivity contribution >= 4 is 23.5 Å². The molecular formula is C29H40FN5O2. The van der Waals surface area contributed by atoms with Gasteiger partial charge in [-0.1, -0.05) is 39.5 Å². The number of hydrogen-bond donors (Lipinski definition) is 3. The Hall–Kier alpha value is -3.55. The van der Waals surface area contributed by atoms with Gasteiger partial charge in [0.1, 0.15) is 17.5 Å². The Labute approximate surface area is 220 Å². The molecule has 2 heterocycles. The van der Waals surface area contributed by atoms with Crippen molar-refractivity contribution in [1.82, 2.24) is 15.1 Å². The molecule has 7 nitrogen and oxygen atoms in total. The second-order valence-electron chi connectivity index (χ2n) is 9.01. The van der Waals surface area contributed by atoms with Crippen LogP contribution >= 0.6 is 0 Å². The van der Waals surface area contributed by atoms with E-state index in [9.17, 15) is 14.0 Å². The van der Waals surface area contributed by atoms with Gasteiger partial charge in [-0.2, -0.15) is 0 Å². The normalized spacial score (nSPS) is 15.6. The van der Waals surface area contributed by atoms with Gasteiger partial charge in [0.15, 0.2) is 0 Å². The number of carbonyl (C=O) groups excluding carboxylic acids is 2. The first-order valence-electron chi connectivity index (χ1n) is 13.1. The summed E-state index contributed by atoms with van der Waals surface area (Å²) in [4.78, 5) is 28.4. The molecule has 200 valence electrons. The number of allylic oxidation sites excluding steroid dienone is 3. The smallest absolute Gasteiger partial charge is 0.258 e. The lowest BCUT2D eigenvalue weighted by molar-refractivity contribution is -0.132. The summed E-state index contributed by atoms with van der Waals surface area (Å²) in [6.45, 7) is 13.2. The van der Waals surface area contributed by atoms with Gasteiger partial charge in [0.25, 0.3) is 5.91 Å². The highest BCUT2D eigenvalue weighted by atomic mass is 19.1. The first-order chi connectivity index (χ1) is 17.7. The van der Waals surface area contributed by atoms with Crippen LogP contribution < -0.4 is 5.32 Å². The number of piperidine rings is 1. The summed E-state index contributed by atoms with van der Waals surface area (Å²) in [5.74, 6) is -0.386. The average molecular weight is 510 g/mol.